The fraction of sp³-hybridized carbons (Fsp3) is 1.00. The van der Waals surface area contributed by atoms with Crippen LogP contribution in [0.3, 0.4) is 0 Å². The number of nitrogens with one attached hydrogen (secondary N) is 1. The van der Waals surface area contributed by atoms with Gasteiger partial charge in [0.2, 0.25) is 0 Å². The molecule has 348 valence electrons. The van der Waals surface area contributed by atoms with Gasteiger partial charge in [0, 0.05) is 6.61 Å². The van der Waals surface area contributed by atoms with Crippen LogP contribution in [0.15, 0.2) is 0 Å². The van der Waals surface area contributed by atoms with Crippen LogP contribution in [0.1, 0.15) is 103 Å². The molecule has 1 fully saturated rings. The summed E-state index contributed by atoms with van der Waals surface area (Å²) in [5.74, 6) is 0. The summed E-state index contributed by atoms with van der Waals surface area (Å²) >= 11 is 0. The number of piperidine rings is 1. The van der Waals surface area contributed by atoms with Crippen molar-refractivity contribution in [2.24, 2.45) is 0 Å². The van der Waals surface area contributed by atoms with E-state index >= 15 is 0 Å². The molecule has 0 amide bonds. The number of rotatable bonds is 51. The molecular weight excluding hydrogens is 750 g/mol. The maximum Gasteiger partial charge on any atom is 0.0704 e. The first-order chi connectivity index (χ1) is 28.9. The van der Waals surface area contributed by atoms with Crippen molar-refractivity contribution in [3.05, 3.63) is 0 Å². The van der Waals surface area contributed by atoms with Crippen LogP contribution in [0, 0.1) is 0 Å². The molecular formula is C44H89NO13. The largest absolute Gasteiger partial charge is 0.379 e. The molecule has 0 aromatic carbocycles. The van der Waals surface area contributed by atoms with Gasteiger partial charge in [0.05, 0.1) is 165 Å². The van der Waals surface area contributed by atoms with E-state index in [0.717, 1.165) is 39.0 Å². The van der Waals surface area contributed by atoms with Gasteiger partial charge in [-0.2, -0.15) is 0 Å². The molecule has 14 nitrogen and oxygen atoms in total. The van der Waals surface area contributed by atoms with Crippen molar-refractivity contribution in [3.8, 4) is 0 Å². The summed E-state index contributed by atoms with van der Waals surface area (Å²) in [6.45, 7) is 18.4. The molecule has 14 heteroatoms. The standard InChI is InChI=1S/C44H89NO13/c1-2-3-4-5-6-7-8-9-10-11-12-13-14-19-46-20-21-47-22-23-48-24-25-49-26-27-50-28-29-51-30-31-52-32-33-53-34-35-54-36-37-55-38-39-56-40-41-57-42-43-58-44-15-17-45-18-16-44/h44-45H,2-43H2,1H3. The van der Waals surface area contributed by atoms with Gasteiger partial charge in [-0.1, -0.05) is 84.0 Å². The lowest BCUT2D eigenvalue weighted by atomic mass is 10.0. The molecule has 0 aliphatic carbocycles. The summed E-state index contributed by atoms with van der Waals surface area (Å²) in [6, 6.07) is 0. The molecule has 0 aromatic rings. The molecule has 1 N–H and O–H groups in total. The molecule has 0 saturated carbocycles. The quantitative estimate of drug-likeness (QED) is 0.0714. The van der Waals surface area contributed by atoms with E-state index in [2.05, 4.69) is 12.2 Å². The molecule has 0 atom stereocenters. The highest BCUT2D eigenvalue weighted by atomic mass is 16.6. The molecule has 1 rings (SSSR count). The van der Waals surface area contributed by atoms with Crippen molar-refractivity contribution in [1.29, 1.82) is 0 Å². The summed E-state index contributed by atoms with van der Waals surface area (Å²) in [6.07, 6.45) is 20.3. The van der Waals surface area contributed by atoms with Crippen molar-refractivity contribution >= 4 is 0 Å². The second-order valence-electron chi connectivity index (χ2n) is 14.4. The van der Waals surface area contributed by atoms with Crippen LogP contribution in [0.5, 0.6) is 0 Å². The molecule has 1 aliphatic rings. The third kappa shape index (κ3) is 46.5. The highest BCUT2D eigenvalue weighted by molar-refractivity contribution is 4.67. The lowest BCUT2D eigenvalue weighted by molar-refractivity contribution is -0.0327. The first kappa shape index (κ1) is 55.5. The number of ether oxygens (including phenoxy) is 13. The van der Waals surface area contributed by atoms with E-state index in [1.807, 2.05) is 0 Å². The van der Waals surface area contributed by atoms with Crippen LogP contribution in [0.2, 0.25) is 0 Å². The zero-order valence-corrected chi connectivity index (χ0v) is 37.1. The highest BCUT2D eigenvalue weighted by Gasteiger charge is 2.12. The molecule has 1 aliphatic heterocycles. The van der Waals surface area contributed by atoms with Gasteiger partial charge in [-0.25, -0.2) is 0 Å². The number of hydrogen-bond acceptors (Lipinski definition) is 14. The lowest BCUT2D eigenvalue weighted by Crippen LogP contribution is -2.33. The van der Waals surface area contributed by atoms with Crippen molar-refractivity contribution in [2.75, 3.05) is 178 Å². The second-order valence-corrected chi connectivity index (χ2v) is 14.4. The van der Waals surface area contributed by atoms with Gasteiger partial charge in [-0.05, 0) is 32.4 Å². The van der Waals surface area contributed by atoms with Crippen LogP contribution < -0.4 is 5.32 Å². The number of hydrogen-bond donors (Lipinski definition) is 1. The predicted molar refractivity (Wildman–Crippen MR) is 227 cm³/mol. The molecule has 0 bridgehead atoms. The van der Waals surface area contributed by atoms with E-state index in [1.165, 1.54) is 77.0 Å². The predicted octanol–water partition coefficient (Wildman–Crippen LogP) is 6.05. The lowest BCUT2D eigenvalue weighted by Gasteiger charge is -2.22. The Morgan fingerprint density at radius 3 is 0.776 bits per heavy atom. The van der Waals surface area contributed by atoms with E-state index in [9.17, 15) is 0 Å². The van der Waals surface area contributed by atoms with Crippen LogP contribution in [0.25, 0.3) is 0 Å². The monoisotopic (exact) mass is 840 g/mol. The van der Waals surface area contributed by atoms with Gasteiger partial charge in [0.25, 0.3) is 0 Å². The molecule has 0 aromatic heterocycles. The van der Waals surface area contributed by atoms with E-state index < -0.39 is 0 Å². The van der Waals surface area contributed by atoms with E-state index in [0.29, 0.717) is 165 Å². The second kappa shape index (κ2) is 50.8. The average molecular weight is 840 g/mol. The first-order valence-corrected chi connectivity index (χ1v) is 23.2. The Morgan fingerprint density at radius 2 is 0.500 bits per heavy atom. The SMILES string of the molecule is CCCCCCCCCCCCCCCOCCOCCOCCOCCOCCOCCOCCOCCOCCOCCOCCOCCOC1CCNCC1. The average Bonchev–Trinajstić information content (AvgIpc) is 3.24. The van der Waals surface area contributed by atoms with E-state index in [4.69, 9.17) is 61.6 Å². The first-order valence-electron chi connectivity index (χ1n) is 23.2. The van der Waals surface area contributed by atoms with Gasteiger partial charge in [-0.15, -0.1) is 0 Å². The third-order valence-electron chi connectivity index (χ3n) is 9.35. The highest BCUT2D eigenvalue weighted by Crippen LogP contribution is 2.12. The Hall–Kier alpha value is -0.560. The molecule has 0 spiro atoms. The Labute approximate surface area is 353 Å². The van der Waals surface area contributed by atoms with Gasteiger partial charge >= 0.3 is 0 Å². The topological polar surface area (TPSA) is 132 Å². The Balaban J connectivity index is 1.59. The Bertz CT molecular complexity index is 740. The summed E-state index contributed by atoms with van der Waals surface area (Å²) in [5.41, 5.74) is 0. The Morgan fingerprint density at radius 1 is 0.276 bits per heavy atom. The summed E-state index contributed by atoms with van der Waals surface area (Å²) < 4.78 is 72.3. The van der Waals surface area contributed by atoms with E-state index in [-0.39, 0.29) is 0 Å². The van der Waals surface area contributed by atoms with Crippen molar-refractivity contribution in [2.45, 2.75) is 109 Å². The minimum Gasteiger partial charge on any atom is -0.379 e. The summed E-state index contributed by atoms with van der Waals surface area (Å²) in [4.78, 5) is 0. The van der Waals surface area contributed by atoms with Crippen molar-refractivity contribution < 1.29 is 61.6 Å². The van der Waals surface area contributed by atoms with Gasteiger partial charge in [0.15, 0.2) is 0 Å². The van der Waals surface area contributed by atoms with Gasteiger partial charge in [0.1, 0.15) is 0 Å². The Kier molecular flexibility index (Phi) is 48.6. The third-order valence-corrected chi connectivity index (χ3v) is 9.35. The van der Waals surface area contributed by atoms with Crippen LogP contribution in [-0.4, -0.2) is 184 Å². The maximum atomic E-state index is 5.80. The van der Waals surface area contributed by atoms with E-state index in [1.54, 1.807) is 0 Å². The zero-order valence-electron chi connectivity index (χ0n) is 37.1. The van der Waals surface area contributed by atoms with Gasteiger partial charge < -0.3 is 66.9 Å². The molecule has 1 heterocycles. The van der Waals surface area contributed by atoms with Crippen LogP contribution in [0.4, 0.5) is 0 Å². The summed E-state index contributed by atoms with van der Waals surface area (Å²) in [5, 5.41) is 3.33. The molecule has 0 radical (unpaired) electrons. The molecule has 58 heavy (non-hydrogen) atoms. The molecule has 1 saturated heterocycles. The van der Waals surface area contributed by atoms with Gasteiger partial charge in [-0.3, -0.25) is 0 Å². The maximum absolute atomic E-state index is 5.80. The van der Waals surface area contributed by atoms with Crippen molar-refractivity contribution in [3.63, 3.8) is 0 Å². The zero-order chi connectivity index (χ0) is 41.2. The fourth-order valence-corrected chi connectivity index (χ4v) is 5.98. The molecule has 0 unspecified atom stereocenters. The van der Waals surface area contributed by atoms with Crippen LogP contribution in [-0.2, 0) is 61.6 Å². The minimum atomic E-state index is 0.372. The fourth-order valence-electron chi connectivity index (χ4n) is 5.98. The number of unbranched alkanes of at least 4 members (excludes halogenated alkanes) is 12. The van der Waals surface area contributed by atoms with Crippen molar-refractivity contribution in [1.82, 2.24) is 5.32 Å². The smallest absolute Gasteiger partial charge is 0.0704 e. The minimum absolute atomic E-state index is 0.372. The van der Waals surface area contributed by atoms with Crippen LogP contribution >= 0.6 is 0 Å². The summed E-state index contributed by atoms with van der Waals surface area (Å²) in [7, 11) is 0. The normalized spacial score (nSPS) is 13.6.